The normalized spacial score (nSPS) is 10.3. The highest BCUT2D eigenvalue weighted by Crippen LogP contribution is 2.24. The molecule has 3 N–H and O–H groups in total. The summed E-state index contributed by atoms with van der Waals surface area (Å²) in [4.78, 5) is 10.2. The lowest BCUT2D eigenvalue weighted by Crippen LogP contribution is -1.97. The van der Waals surface area contributed by atoms with E-state index in [1.165, 1.54) is 12.1 Å². The van der Waals surface area contributed by atoms with E-state index in [1.54, 1.807) is 18.3 Å². The molecule has 2 rings (SSSR count). The van der Waals surface area contributed by atoms with Gasteiger partial charge < -0.3 is 5.73 Å². The molecule has 16 heavy (non-hydrogen) atoms. The highest BCUT2D eigenvalue weighted by Gasteiger charge is 2.10. The van der Waals surface area contributed by atoms with Crippen molar-refractivity contribution in [2.24, 2.45) is 5.73 Å². The Morgan fingerprint density at radius 2 is 2.31 bits per heavy atom. The number of nitrogens with one attached hydrogen (secondary N) is 1. The van der Waals surface area contributed by atoms with Gasteiger partial charge in [0.05, 0.1) is 16.8 Å². The van der Waals surface area contributed by atoms with Crippen molar-refractivity contribution in [2.45, 2.75) is 6.54 Å². The molecule has 0 spiro atoms. The third-order valence-corrected chi connectivity index (χ3v) is 2.28. The average molecular weight is 218 g/mol. The van der Waals surface area contributed by atoms with Gasteiger partial charge in [-0.25, -0.2) is 0 Å². The molecule has 1 heterocycles. The number of non-ortho nitro benzene ring substituents is 1. The maximum atomic E-state index is 10.6. The van der Waals surface area contributed by atoms with Crippen LogP contribution in [-0.2, 0) is 6.54 Å². The van der Waals surface area contributed by atoms with Crippen LogP contribution < -0.4 is 5.73 Å². The smallest absolute Gasteiger partial charge is 0.270 e. The summed E-state index contributed by atoms with van der Waals surface area (Å²) in [6.07, 6.45) is 1.62. The fourth-order valence-electron chi connectivity index (χ4n) is 1.49. The highest BCUT2D eigenvalue weighted by molar-refractivity contribution is 5.65. The molecule has 0 radical (unpaired) electrons. The molecule has 0 saturated heterocycles. The standard InChI is InChI=1S/C10H10N4O2/c11-5-8-6-12-13-10(8)7-2-1-3-9(4-7)14(15)16/h1-4,6H,5,11H2,(H,12,13). The van der Waals surface area contributed by atoms with Crippen LogP contribution in [-0.4, -0.2) is 15.1 Å². The summed E-state index contributed by atoms with van der Waals surface area (Å²) in [6, 6.07) is 6.35. The van der Waals surface area contributed by atoms with E-state index in [1.807, 2.05) is 0 Å². The van der Waals surface area contributed by atoms with E-state index in [0.29, 0.717) is 12.1 Å². The second kappa shape index (κ2) is 4.11. The van der Waals surface area contributed by atoms with Crippen molar-refractivity contribution in [1.82, 2.24) is 10.2 Å². The Morgan fingerprint density at radius 3 is 3.00 bits per heavy atom. The van der Waals surface area contributed by atoms with Crippen molar-refractivity contribution in [2.75, 3.05) is 0 Å². The largest absolute Gasteiger partial charge is 0.326 e. The number of nitro benzene ring substituents is 1. The Morgan fingerprint density at radius 1 is 1.50 bits per heavy atom. The quantitative estimate of drug-likeness (QED) is 0.601. The molecular weight excluding hydrogens is 208 g/mol. The Hall–Kier alpha value is -2.21. The Labute approximate surface area is 91.2 Å². The number of aromatic amines is 1. The lowest BCUT2D eigenvalue weighted by Gasteiger charge is -2.00. The molecule has 0 unspecified atom stereocenters. The van der Waals surface area contributed by atoms with Crippen molar-refractivity contribution in [3.05, 3.63) is 46.1 Å². The summed E-state index contributed by atoms with van der Waals surface area (Å²) in [7, 11) is 0. The van der Waals surface area contributed by atoms with Crippen LogP contribution in [0.25, 0.3) is 11.3 Å². The van der Waals surface area contributed by atoms with E-state index in [9.17, 15) is 10.1 Å². The van der Waals surface area contributed by atoms with Crippen LogP contribution in [0.1, 0.15) is 5.56 Å². The minimum atomic E-state index is -0.429. The molecule has 82 valence electrons. The van der Waals surface area contributed by atoms with Gasteiger partial charge >= 0.3 is 0 Å². The molecule has 0 fully saturated rings. The predicted molar refractivity (Wildman–Crippen MR) is 58.6 cm³/mol. The summed E-state index contributed by atoms with van der Waals surface area (Å²) in [5.74, 6) is 0. The zero-order chi connectivity index (χ0) is 11.5. The lowest BCUT2D eigenvalue weighted by atomic mass is 10.1. The van der Waals surface area contributed by atoms with Gasteiger partial charge in [-0.15, -0.1) is 0 Å². The van der Waals surface area contributed by atoms with Crippen molar-refractivity contribution in [3.63, 3.8) is 0 Å². The van der Waals surface area contributed by atoms with Gasteiger partial charge in [0.15, 0.2) is 0 Å². The maximum absolute atomic E-state index is 10.6. The molecule has 1 aromatic carbocycles. The van der Waals surface area contributed by atoms with Crippen molar-refractivity contribution < 1.29 is 4.92 Å². The van der Waals surface area contributed by atoms with Crippen LogP contribution in [0, 0.1) is 10.1 Å². The van der Waals surface area contributed by atoms with E-state index in [4.69, 9.17) is 5.73 Å². The fraction of sp³-hybridized carbons (Fsp3) is 0.100. The SMILES string of the molecule is NCc1cn[nH]c1-c1cccc([N+](=O)[O-])c1. The second-order valence-electron chi connectivity index (χ2n) is 3.28. The molecule has 0 aliphatic heterocycles. The summed E-state index contributed by atoms with van der Waals surface area (Å²) in [6.45, 7) is 0.342. The van der Waals surface area contributed by atoms with Gasteiger partial charge in [0, 0.05) is 29.8 Å². The number of aromatic nitrogens is 2. The monoisotopic (exact) mass is 218 g/mol. The molecule has 6 nitrogen and oxygen atoms in total. The molecular formula is C10H10N4O2. The minimum Gasteiger partial charge on any atom is -0.326 e. The first-order valence-corrected chi connectivity index (χ1v) is 4.69. The number of nitrogens with two attached hydrogens (primary N) is 1. The van der Waals surface area contributed by atoms with Gasteiger partial charge in [0.2, 0.25) is 0 Å². The van der Waals surface area contributed by atoms with E-state index < -0.39 is 4.92 Å². The van der Waals surface area contributed by atoms with Crippen molar-refractivity contribution in [3.8, 4) is 11.3 Å². The van der Waals surface area contributed by atoms with Gasteiger partial charge in [-0.05, 0) is 0 Å². The topological polar surface area (TPSA) is 97.8 Å². The number of rotatable bonds is 3. The minimum absolute atomic E-state index is 0.0510. The van der Waals surface area contributed by atoms with Gasteiger partial charge in [-0.3, -0.25) is 15.2 Å². The van der Waals surface area contributed by atoms with Crippen LogP contribution in [0.3, 0.4) is 0 Å². The summed E-state index contributed by atoms with van der Waals surface area (Å²) < 4.78 is 0. The van der Waals surface area contributed by atoms with Crippen LogP contribution in [0.4, 0.5) is 5.69 Å². The van der Waals surface area contributed by atoms with E-state index in [0.717, 1.165) is 11.3 Å². The molecule has 2 aromatic rings. The first-order valence-electron chi connectivity index (χ1n) is 4.69. The summed E-state index contributed by atoms with van der Waals surface area (Å²) >= 11 is 0. The van der Waals surface area contributed by atoms with Gasteiger partial charge in [0.1, 0.15) is 0 Å². The third-order valence-electron chi connectivity index (χ3n) is 2.28. The van der Waals surface area contributed by atoms with E-state index >= 15 is 0 Å². The van der Waals surface area contributed by atoms with E-state index in [-0.39, 0.29) is 5.69 Å². The first-order chi connectivity index (χ1) is 7.72. The summed E-state index contributed by atoms with van der Waals surface area (Å²) in [5, 5.41) is 17.3. The molecule has 0 bridgehead atoms. The predicted octanol–water partition coefficient (Wildman–Crippen LogP) is 1.44. The number of hydrogen-bond acceptors (Lipinski definition) is 4. The number of nitro groups is 1. The number of hydrogen-bond donors (Lipinski definition) is 2. The zero-order valence-corrected chi connectivity index (χ0v) is 8.38. The second-order valence-corrected chi connectivity index (χ2v) is 3.28. The first kappa shape index (κ1) is 10.3. The van der Waals surface area contributed by atoms with Crippen LogP contribution >= 0.6 is 0 Å². The average Bonchev–Trinajstić information content (AvgIpc) is 2.77. The molecule has 0 aliphatic rings. The van der Waals surface area contributed by atoms with Crippen molar-refractivity contribution >= 4 is 5.69 Å². The summed E-state index contributed by atoms with van der Waals surface area (Å²) in [5.41, 5.74) is 7.86. The van der Waals surface area contributed by atoms with Crippen molar-refractivity contribution in [1.29, 1.82) is 0 Å². The highest BCUT2D eigenvalue weighted by atomic mass is 16.6. The van der Waals surface area contributed by atoms with Gasteiger partial charge in [-0.2, -0.15) is 5.10 Å². The number of nitrogens with zero attached hydrogens (tertiary/aromatic N) is 2. The Bertz CT molecular complexity index is 521. The molecule has 0 saturated carbocycles. The maximum Gasteiger partial charge on any atom is 0.270 e. The van der Waals surface area contributed by atoms with Crippen LogP contribution in [0.5, 0.6) is 0 Å². The third kappa shape index (κ3) is 1.78. The number of H-pyrrole nitrogens is 1. The van der Waals surface area contributed by atoms with Crippen LogP contribution in [0.15, 0.2) is 30.5 Å². The van der Waals surface area contributed by atoms with E-state index in [2.05, 4.69) is 10.2 Å². The molecule has 1 aromatic heterocycles. The molecule has 0 atom stereocenters. The Kier molecular flexibility index (Phi) is 2.65. The fourth-order valence-corrected chi connectivity index (χ4v) is 1.49. The van der Waals surface area contributed by atoms with Gasteiger partial charge in [0.25, 0.3) is 5.69 Å². The van der Waals surface area contributed by atoms with Crippen LogP contribution in [0.2, 0.25) is 0 Å². The Balaban J connectivity index is 2.48. The lowest BCUT2D eigenvalue weighted by molar-refractivity contribution is -0.384. The molecule has 0 amide bonds. The molecule has 6 heteroatoms. The number of benzene rings is 1. The zero-order valence-electron chi connectivity index (χ0n) is 8.38. The molecule has 0 aliphatic carbocycles. The van der Waals surface area contributed by atoms with Gasteiger partial charge in [-0.1, -0.05) is 12.1 Å².